The Morgan fingerprint density at radius 1 is 0.455 bits per heavy atom. The molecule has 0 saturated carbocycles. The van der Waals surface area contributed by atoms with E-state index in [1.54, 1.807) is 0 Å². The topological polar surface area (TPSA) is 0 Å². The first-order valence-corrected chi connectivity index (χ1v) is 9.35. The van der Waals surface area contributed by atoms with E-state index >= 15 is 0 Å². The normalized spacial score (nSPS) is 11.6. The maximum atomic E-state index is 4.65. The number of thiol groups is 7. The third kappa shape index (κ3) is 2.48. The van der Waals surface area contributed by atoms with Gasteiger partial charge in [0.2, 0.25) is 0 Å². The van der Waals surface area contributed by atoms with Crippen molar-refractivity contribution in [3.8, 4) is 0 Å². The van der Waals surface area contributed by atoms with Gasteiger partial charge in [0.15, 0.2) is 0 Å². The minimum Gasteiger partial charge on any atom is -0.142 e. The maximum absolute atomic E-state index is 4.65. The van der Waals surface area contributed by atoms with E-state index in [0.717, 1.165) is 56.5 Å². The minimum absolute atomic E-state index is 0.716. The maximum Gasteiger partial charge on any atom is 0.0326 e. The van der Waals surface area contributed by atoms with Crippen LogP contribution in [0, 0.1) is 6.92 Å². The summed E-state index contributed by atoms with van der Waals surface area (Å²) >= 11 is 32.0. The first-order valence-electron chi connectivity index (χ1n) is 6.22. The fourth-order valence-electron chi connectivity index (χ4n) is 2.48. The fourth-order valence-corrected chi connectivity index (χ4v) is 4.69. The fraction of sp³-hybridized carbons (Fsp3) is 0.0667. The van der Waals surface area contributed by atoms with E-state index in [4.69, 9.17) is 0 Å². The Bertz CT molecular complexity index is 807. The Labute approximate surface area is 167 Å². The molecule has 0 aliphatic rings. The summed E-state index contributed by atoms with van der Waals surface area (Å²) in [6.45, 7) is 1.99. The molecule has 0 saturated heterocycles. The first-order chi connectivity index (χ1) is 10.3. The third-order valence-electron chi connectivity index (χ3n) is 3.79. The Morgan fingerprint density at radius 3 is 1.18 bits per heavy atom. The molecular formula is C15H12S7. The van der Waals surface area contributed by atoms with Crippen LogP contribution in [0.5, 0.6) is 0 Å². The van der Waals surface area contributed by atoms with Gasteiger partial charge in [-0.25, -0.2) is 0 Å². The average Bonchev–Trinajstić information content (AvgIpc) is 2.52. The molecule has 0 heterocycles. The molecule has 0 aliphatic carbocycles. The second-order valence-corrected chi connectivity index (χ2v) is 8.14. The lowest BCUT2D eigenvalue weighted by Gasteiger charge is -2.16. The van der Waals surface area contributed by atoms with Gasteiger partial charge in [-0.1, -0.05) is 0 Å². The first kappa shape index (κ1) is 17.5. The summed E-state index contributed by atoms with van der Waals surface area (Å²) in [5, 5.41) is 3.93. The lowest BCUT2D eigenvalue weighted by atomic mass is 10.0. The van der Waals surface area contributed by atoms with Gasteiger partial charge in [-0.3, -0.25) is 0 Å². The van der Waals surface area contributed by atoms with Crippen LogP contribution in [0.25, 0.3) is 21.5 Å². The van der Waals surface area contributed by atoms with Crippen LogP contribution < -0.4 is 0 Å². The summed E-state index contributed by atoms with van der Waals surface area (Å²) in [5.74, 6) is 0. The van der Waals surface area contributed by atoms with E-state index in [1.807, 2.05) is 13.0 Å². The molecule has 3 rings (SSSR count). The quantitative estimate of drug-likeness (QED) is 0.162. The molecule has 0 unspecified atom stereocenters. The SMILES string of the molecule is Cc1c(S)c(S)c2cc3c(S)c(S)c(S)c(S)c3cc2c1S. The molecule has 3 aromatic carbocycles. The molecule has 3 aromatic rings. The highest BCUT2D eigenvalue weighted by Gasteiger charge is 2.16. The van der Waals surface area contributed by atoms with Gasteiger partial charge >= 0.3 is 0 Å². The van der Waals surface area contributed by atoms with E-state index < -0.39 is 0 Å². The van der Waals surface area contributed by atoms with Gasteiger partial charge in [0.05, 0.1) is 0 Å². The van der Waals surface area contributed by atoms with Gasteiger partial charge in [0.25, 0.3) is 0 Å². The lowest BCUT2D eigenvalue weighted by molar-refractivity contribution is 1.10. The molecule has 0 aromatic heterocycles. The number of benzene rings is 3. The van der Waals surface area contributed by atoms with Crippen molar-refractivity contribution in [2.75, 3.05) is 0 Å². The van der Waals surface area contributed by atoms with Crippen molar-refractivity contribution in [2.45, 2.75) is 41.2 Å². The highest BCUT2D eigenvalue weighted by molar-refractivity contribution is 7.86. The summed E-state index contributed by atoms with van der Waals surface area (Å²) in [5.41, 5.74) is 1.01. The third-order valence-corrected chi connectivity index (χ3v) is 7.91. The Balaban J connectivity index is 2.64. The summed E-state index contributed by atoms with van der Waals surface area (Å²) in [4.78, 5) is 5.56. The average molecular weight is 417 g/mol. The van der Waals surface area contributed by atoms with Crippen LogP contribution in [-0.4, -0.2) is 0 Å². The summed E-state index contributed by atoms with van der Waals surface area (Å²) < 4.78 is 0. The zero-order valence-electron chi connectivity index (χ0n) is 11.3. The van der Waals surface area contributed by atoms with Gasteiger partial charge in [-0.15, -0.1) is 88.4 Å². The number of rotatable bonds is 0. The predicted molar refractivity (Wildman–Crippen MR) is 117 cm³/mol. The van der Waals surface area contributed by atoms with Crippen molar-refractivity contribution in [1.29, 1.82) is 0 Å². The number of fused-ring (bicyclic) bond motifs is 2. The largest absolute Gasteiger partial charge is 0.142 e. The van der Waals surface area contributed by atoms with E-state index in [1.165, 1.54) is 0 Å². The lowest BCUT2D eigenvalue weighted by Crippen LogP contribution is -1.90. The molecule has 0 radical (unpaired) electrons. The summed E-state index contributed by atoms with van der Waals surface area (Å²) in [6.07, 6.45) is 0. The van der Waals surface area contributed by atoms with Crippen LogP contribution in [0.3, 0.4) is 0 Å². The van der Waals surface area contributed by atoms with Crippen molar-refractivity contribution in [3.63, 3.8) is 0 Å². The van der Waals surface area contributed by atoms with Crippen LogP contribution >= 0.6 is 88.4 Å². The smallest absolute Gasteiger partial charge is 0.0326 e. The minimum atomic E-state index is 0.716. The van der Waals surface area contributed by atoms with Crippen LogP contribution in [0.4, 0.5) is 0 Å². The Kier molecular flexibility index (Phi) is 4.89. The Morgan fingerprint density at radius 2 is 0.773 bits per heavy atom. The van der Waals surface area contributed by atoms with Crippen molar-refractivity contribution < 1.29 is 0 Å². The van der Waals surface area contributed by atoms with Crippen molar-refractivity contribution in [3.05, 3.63) is 17.7 Å². The van der Waals surface area contributed by atoms with Crippen LogP contribution in [0.2, 0.25) is 0 Å². The summed E-state index contributed by atoms with van der Waals surface area (Å²) in [7, 11) is 0. The van der Waals surface area contributed by atoms with E-state index in [0.29, 0.717) is 4.90 Å². The van der Waals surface area contributed by atoms with Crippen LogP contribution in [0.15, 0.2) is 46.4 Å². The highest BCUT2D eigenvalue weighted by Crippen LogP contribution is 2.44. The zero-order valence-corrected chi connectivity index (χ0v) is 17.5. The van der Waals surface area contributed by atoms with E-state index in [2.05, 4.69) is 94.5 Å². The number of hydrogen-bond donors (Lipinski definition) is 7. The molecule has 0 nitrogen and oxygen atoms in total. The molecule has 0 aliphatic heterocycles. The van der Waals surface area contributed by atoms with Crippen molar-refractivity contribution in [1.82, 2.24) is 0 Å². The van der Waals surface area contributed by atoms with Crippen molar-refractivity contribution in [2.24, 2.45) is 0 Å². The molecule has 22 heavy (non-hydrogen) atoms. The second kappa shape index (κ2) is 6.17. The van der Waals surface area contributed by atoms with Gasteiger partial charge in [-0.2, -0.15) is 0 Å². The standard InChI is InChI=1S/C15H12S7/c1-4-9(16)5-2-7-8(3-6(5)11(18)10(4)17)13(20)15(22)14(21)12(7)19/h2-3,16-22H,1H3. The highest BCUT2D eigenvalue weighted by atomic mass is 32.1. The number of hydrogen-bond acceptors (Lipinski definition) is 7. The second-order valence-electron chi connectivity index (χ2n) is 5.01. The van der Waals surface area contributed by atoms with Crippen LogP contribution in [-0.2, 0) is 0 Å². The van der Waals surface area contributed by atoms with Crippen molar-refractivity contribution >= 4 is 110 Å². The molecular weight excluding hydrogens is 405 g/mol. The molecule has 0 spiro atoms. The molecule has 0 N–H and O–H groups in total. The van der Waals surface area contributed by atoms with Gasteiger partial charge < -0.3 is 0 Å². The van der Waals surface area contributed by atoms with E-state index in [-0.39, 0.29) is 0 Å². The molecule has 0 bridgehead atoms. The summed E-state index contributed by atoms with van der Waals surface area (Å²) in [6, 6.07) is 4.10. The monoisotopic (exact) mass is 416 g/mol. The molecule has 0 atom stereocenters. The molecule has 0 amide bonds. The molecule has 7 heteroatoms. The van der Waals surface area contributed by atoms with Crippen LogP contribution in [0.1, 0.15) is 5.56 Å². The zero-order chi connectivity index (χ0) is 16.3. The molecule has 114 valence electrons. The Hall–Kier alpha value is 0.630. The van der Waals surface area contributed by atoms with Gasteiger partial charge in [0.1, 0.15) is 0 Å². The van der Waals surface area contributed by atoms with Gasteiger partial charge in [0, 0.05) is 34.3 Å². The molecule has 0 fully saturated rings. The van der Waals surface area contributed by atoms with E-state index in [9.17, 15) is 0 Å². The van der Waals surface area contributed by atoms with Gasteiger partial charge in [-0.05, 0) is 46.2 Å². The predicted octanol–water partition coefficient (Wildman–Crippen LogP) is 6.32.